The maximum Gasteiger partial charge on any atom is 0.249 e. The summed E-state index contributed by atoms with van der Waals surface area (Å²) in [6.45, 7) is 1.39. The van der Waals surface area contributed by atoms with Crippen molar-refractivity contribution in [2.24, 2.45) is 0 Å². The molecule has 0 saturated heterocycles. The van der Waals surface area contributed by atoms with E-state index in [0.29, 0.717) is 0 Å². The molecular weight excluding hydrogens is 344 g/mol. The maximum absolute atomic E-state index is 14.0. The Labute approximate surface area is 136 Å². The fourth-order valence-electron chi connectivity index (χ4n) is 1.88. The summed E-state index contributed by atoms with van der Waals surface area (Å²) in [6.07, 6.45) is 0.858. The molecule has 128 valence electrons. The second-order valence-electron chi connectivity index (χ2n) is 4.62. The summed E-state index contributed by atoms with van der Waals surface area (Å²) in [5, 5.41) is -0.550. The number of nitrogen functional groups attached to an aromatic ring is 1. The summed E-state index contributed by atoms with van der Waals surface area (Å²) in [5.41, 5.74) is 4.55. The van der Waals surface area contributed by atoms with Gasteiger partial charge < -0.3 is 10.5 Å². The zero-order valence-electron chi connectivity index (χ0n) is 12.7. The number of carbonyl (C=O) groups is 1. The molecule has 0 radical (unpaired) electrons. The number of carbonyl (C=O) groups excluding carboxylic acids is 1. The van der Waals surface area contributed by atoms with E-state index in [-0.39, 0.29) is 17.1 Å². The van der Waals surface area contributed by atoms with E-state index < -0.39 is 43.8 Å². The third-order valence-electron chi connectivity index (χ3n) is 3.20. The van der Waals surface area contributed by atoms with Crippen LogP contribution in [0, 0.1) is 11.6 Å². The standard InChI is InChI=1S/C14H13F2N3O4S/c1-3-24(21,22)14-18-6-7(13(17)19-14)12(20)10-9(23-2)5-4-8(15)11(10)16/h4-6H,3H2,1-2H3,(H2,17,18,19). The van der Waals surface area contributed by atoms with E-state index in [1.54, 1.807) is 0 Å². The lowest BCUT2D eigenvalue weighted by Crippen LogP contribution is -2.16. The molecule has 1 aromatic carbocycles. The number of hydrogen-bond acceptors (Lipinski definition) is 7. The van der Waals surface area contributed by atoms with Crippen LogP contribution >= 0.6 is 0 Å². The summed E-state index contributed by atoms with van der Waals surface area (Å²) in [7, 11) is -2.55. The SMILES string of the molecule is CCS(=O)(=O)c1ncc(C(=O)c2c(OC)ccc(F)c2F)c(N)n1. The fourth-order valence-corrected chi connectivity index (χ4v) is 2.59. The molecule has 0 spiro atoms. The van der Waals surface area contributed by atoms with Gasteiger partial charge in [-0.15, -0.1) is 0 Å². The van der Waals surface area contributed by atoms with Crippen molar-refractivity contribution < 1.29 is 26.7 Å². The molecule has 1 heterocycles. The second-order valence-corrected chi connectivity index (χ2v) is 6.79. The zero-order valence-corrected chi connectivity index (χ0v) is 13.5. The summed E-state index contributed by atoms with van der Waals surface area (Å²) < 4.78 is 55.7. The van der Waals surface area contributed by atoms with Crippen LogP contribution in [0.25, 0.3) is 0 Å². The molecule has 0 aliphatic heterocycles. The number of halogens is 2. The number of anilines is 1. The van der Waals surface area contributed by atoms with Crippen LogP contribution < -0.4 is 10.5 Å². The Morgan fingerprint density at radius 3 is 2.54 bits per heavy atom. The zero-order chi connectivity index (χ0) is 18.1. The van der Waals surface area contributed by atoms with E-state index in [2.05, 4.69) is 9.97 Å². The first-order valence-electron chi connectivity index (χ1n) is 6.64. The van der Waals surface area contributed by atoms with Gasteiger partial charge in [-0.1, -0.05) is 6.92 Å². The Morgan fingerprint density at radius 1 is 1.33 bits per heavy atom. The molecule has 2 N–H and O–H groups in total. The Morgan fingerprint density at radius 2 is 2.00 bits per heavy atom. The molecule has 0 fully saturated rings. The van der Waals surface area contributed by atoms with Gasteiger partial charge in [-0.2, -0.15) is 0 Å². The van der Waals surface area contributed by atoms with Gasteiger partial charge in [0.05, 0.1) is 18.4 Å². The summed E-state index contributed by atoms with van der Waals surface area (Å²) >= 11 is 0. The van der Waals surface area contributed by atoms with Gasteiger partial charge in [0.25, 0.3) is 0 Å². The quantitative estimate of drug-likeness (QED) is 0.635. The van der Waals surface area contributed by atoms with Crippen LogP contribution in [-0.4, -0.2) is 37.0 Å². The van der Waals surface area contributed by atoms with E-state index in [1.807, 2.05) is 0 Å². The fraction of sp³-hybridized carbons (Fsp3) is 0.214. The van der Waals surface area contributed by atoms with Gasteiger partial charge in [-0.25, -0.2) is 27.2 Å². The van der Waals surface area contributed by atoms with Crippen molar-refractivity contribution in [1.29, 1.82) is 0 Å². The first kappa shape index (κ1) is 17.7. The Kier molecular flexibility index (Phi) is 4.78. The van der Waals surface area contributed by atoms with Crippen LogP contribution in [-0.2, 0) is 9.84 Å². The predicted octanol–water partition coefficient (Wildman–Crippen LogP) is 1.37. The highest BCUT2D eigenvalue weighted by atomic mass is 32.2. The normalized spacial score (nSPS) is 11.3. The largest absolute Gasteiger partial charge is 0.496 e. The molecule has 24 heavy (non-hydrogen) atoms. The Balaban J connectivity index is 2.59. The van der Waals surface area contributed by atoms with Crippen molar-refractivity contribution in [2.45, 2.75) is 12.1 Å². The molecule has 1 aromatic heterocycles. The van der Waals surface area contributed by atoms with Gasteiger partial charge >= 0.3 is 0 Å². The number of nitrogens with two attached hydrogens (primary N) is 1. The van der Waals surface area contributed by atoms with Crippen LogP contribution in [0.2, 0.25) is 0 Å². The van der Waals surface area contributed by atoms with E-state index >= 15 is 0 Å². The second kappa shape index (κ2) is 6.48. The smallest absolute Gasteiger partial charge is 0.249 e. The predicted molar refractivity (Wildman–Crippen MR) is 80.5 cm³/mol. The number of rotatable bonds is 5. The van der Waals surface area contributed by atoms with Crippen LogP contribution in [0.15, 0.2) is 23.5 Å². The molecular formula is C14H13F2N3O4S. The van der Waals surface area contributed by atoms with Gasteiger partial charge in [-0.3, -0.25) is 4.79 Å². The summed E-state index contributed by atoms with van der Waals surface area (Å²) in [5.74, 6) is -4.61. The number of benzene rings is 1. The molecule has 2 rings (SSSR count). The number of aromatic nitrogens is 2. The lowest BCUT2D eigenvalue weighted by molar-refractivity contribution is 0.103. The molecule has 0 atom stereocenters. The van der Waals surface area contributed by atoms with Crippen molar-refractivity contribution >= 4 is 21.4 Å². The van der Waals surface area contributed by atoms with E-state index in [1.165, 1.54) is 14.0 Å². The first-order valence-corrected chi connectivity index (χ1v) is 8.30. The third kappa shape index (κ3) is 3.04. The molecule has 0 unspecified atom stereocenters. The van der Waals surface area contributed by atoms with Gasteiger partial charge in [0.1, 0.15) is 17.1 Å². The Bertz CT molecular complexity index is 916. The van der Waals surface area contributed by atoms with Gasteiger partial charge in [0.15, 0.2) is 11.6 Å². The average molecular weight is 357 g/mol. The molecule has 0 aliphatic rings. The van der Waals surface area contributed by atoms with Crippen molar-refractivity contribution in [2.75, 3.05) is 18.6 Å². The van der Waals surface area contributed by atoms with Crippen LogP contribution in [0.1, 0.15) is 22.8 Å². The molecule has 10 heteroatoms. The Hall–Kier alpha value is -2.62. The maximum atomic E-state index is 14.0. The van der Waals surface area contributed by atoms with Crippen LogP contribution in [0.3, 0.4) is 0 Å². The van der Waals surface area contributed by atoms with Gasteiger partial charge in [-0.05, 0) is 12.1 Å². The highest BCUT2D eigenvalue weighted by molar-refractivity contribution is 7.91. The summed E-state index contributed by atoms with van der Waals surface area (Å²) in [6, 6.07) is 1.89. The highest BCUT2D eigenvalue weighted by Crippen LogP contribution is 2.27. The number of ketones is 1. The average Bonchev–Trinajstić information content (AvgIpc) is 2.56. The molecule has 0 saturated carbocycles. The van der Waals surface area contributed by atoms with Crippen molar-refractivity contribution in [3.05, 3.63) is 41.1 Å². The van der Waals surface area contributed by atoms with Crippen LogP contribution in [0.5, 0.6) is 5.75 Å². The number of ether oxygens (including phenoxy) is 1. The van der Waals surface area contributed by atoms with Crippen molar-refractivity contribution in [3.8, 4) is 5.75 Å². The number of methoxy groups -OCH3 is 1. The molecule has 0 aliphatic carbocycles. The van der Waals surface area contributed by atoms with Crippen LogP contribution in [0.4, 0.5) is 14.6 Å². The number of hydrogen-bond donors (Lipinski definition) is 1. The summed E-state index contributed by atoms with van der Waals surface area (Å²) in [4.78, 5) is 19.6. The number of sulfone groups is 1. The topological polar surface area (TPSA) is 112 Å². The lowest BCUT2D eigenvalue weighted by atomic mass is 10.0. The highest BCUT2D eigenvalue weighted by Gasteiger charge is 2.26. The minimum Gasteiger partial charge on any atom is -0.496 e. The molecule has 0 amide bonds. The lowest BCUT2D eigenvalue weighted by Gasteiger charge is -2.10. The number of nitrogens with zero attached hydrogens (tertiary/aromatic N) is 2. The molecule has 0 bridgehead atoms. The minimum atomic E-state index is -3.73. The monoisotopic (exact) mass is 357 g/mol. The molecule has 7 nitrogen and oxygen atoms in total. The van der Waals surface area contributed by atoms with Crippen molar-refractivity contribution in [1.82, 2.24) is 9.97 Å². The van der Waals surface area contributed by atoms with E-state index in [4.69, 9.17) is 10.5 Å². The first-order chi connectivity index (χ1) is 11.2. The van der Waals surface area contributed by atoms with Crippen molar-refractivity contribution in [3.63, 3.8) is 0 Å². The van der Waals surface area contributed by atoms with Gasteiger partial charge in [0, 0.05) is 6.20 Å². The minimum absolute atomic E-state index is 0.205. The van der Waals surface area contributed by atoms with E-state index in [9.17, 15) is 22.0 Å². The third-order valence-corrected chi connectivity index (χ3v) is 4.72. The van der Waals surface area contributed by atoms with E-state index in [0.717, 1.165) is 18.3 Å². The molecule has 2 aromatic rings. The van der Waals surface area contributed by atoms with Gasteiger partial charge in [0.2, 0.25) is 20.8 Å².